The van der Waals surface area contributed by atoms with Gasteiger partial charge in [-0.3, -0.25) is 5.10 Å². The van der Waals surface area contributed by atoms with Crippen LogP contribution in [0.4, 0.5) is 0 Å². The van der Waals surface area contributed by atoms with Gasteiger partial charge in [-0.15, -0.1) is 0 Å². The van der Waals surface area contributed by atoms with Crippen molar-refractivity contribution in [1.82, 2.24) is 10.2 Å². The van der Waals surface area contributed by atoms with Gasteiger partial charge in [-0.05, 0) is 13.3 Å². The second-order valence-corrected chi connectivity index (χ2v) is 2.39. The van der Waals surface area contributed by atoms with Gasteiger partial charge >= 0.3 is 0 Å². The van der Waals surface area contributed by atoms with Gasteiger partial charge in [-0.2, -0.15) is 5.10 Å². The van der Waals surface area contributed by atoms with E-state index in [0.717, 1.165) is 24.2 Å². The van der Waals surface area contributed by atoms with E-state index in [2.05, 4.69) is 17.1 Å². The third-order valence-electron chi connectivity index (χ3n) is 1.47. The van der Waals surface area contributed by atoms with Crippen LogP contribution < -0.4 is 0 Å². The highest BCUT2D eigenvalue weighted by Gasteiger charge is 2.05. The summed E-state index contributed by atoms with van der Waals surface area (Å²) in [6.45, 7) is 3.87. The topological polar surface area (TPSA) is 48.9 Å². The van der Waals surface area contributed by atoms with Crippen LogP contribution in [0, 0.1) is 6.92 Å². The number of rotatable bonds is 2. The Labute approximate surface area is 60.1 Å². The van der Waals surface area contributed by atoms with E-state index in [9.17, 15) is 5.11 Å². The molecule has 3 nitrogen and oxygen atoms in total. The van der Waals surface area contributed by atoms with Crippen LogP contribution in [0.1, 0.15) is 24.7 Å². The number of H-pyrrole nitrogens is 1. The van der Waals surface area contributed by atoms with Crippen molar-refractivity contribution in [2.24, 2.45) is 0 Å². The summed E-state index contributed by atoms with van der Waals surface area (Å²) in [7, 11) is 0. The lowest BCUT2D eigenvalue weighted by molar-refractivity contribution is 0.464. The number of aromatic amines is 1. The van der Waals surface area contributed by atoms with E-state index in [1.807, 2.05) is 6.92 Å². The lowest BCUT2D eigenvalue weighted by Gasteiger charge is -1.91. The molecule has 10 heavy (non-hydrogen) atoms. The summed E-state index contributed by atoms with van der Waals surface area (Å²) >= 11 is 0. The van der Waals surface area contributed by atoms with E-state index in [1.165, 1.54) is 0 Å². The molecule has 0 saturated carbocycles. The molecule has 0 aliphatic carbocycles. The minimum atomic E-state index is 0.321. The molecule has 0 spiro atoms. The van der Waals surface area contributed by atoms with Crippen LogP contribution in [0.5, 0.6) is 5.75 Å². The molecule has 0 amide bonds. The first-order valence-corrected chi connectivity index (χ1v) is 3.48. The molecular formula is C7H12N2O. The van der Waals surface area contributed by atoms with Crippen LogP contribution in [0.3, 0.4) is 0 Å². The van der Waals surface area contributed by atoms with Crippen LogP contribution >= 0.6 is 0 Å². The molecule has 0 aliphatic rings. The molecule has 0 aromatic carbocycles. The molecule has 2 N–H and O–H groups in total. The average Bonchev–Trinajstić information content (AvgIpc) is 2.20. The maximum atomic E-state index is 9.27. The fourth-order valence-electron chi connectivity index (χ4n) is 0.885. The van der Waals surface area contributed by atoms with Gasteiger partial charge in [0, 0.05) is 0 Å². The van der Waals surface area contributed by atoms with E-state index in [1.54, 1.807) is 0 Å². The van der Waals surface area contributed by atoms with Crippen molar-refractivity contribution in [3.8, 4) is 5.75 Å². The summed E-state index contributed by atoms with van der Waals surface area (Å²) in [5.74, 6) is 0.321. The Balaban J connectivity index is 2.83. The van der Waals surface area contributed by atoms with E-state index in [0.29, 0.717) is 5.75 Å². The Morgan fingerprint density at radius 1 is 1.60 bits per heavy atom. The van der Waals surface area contributed by atoms with Crippen molar-refractivity contribution in [2.45, 2.75) is 26.7 Å². The summed E-state index contributed by atoms with van der Waals surface area (Å²) in [6.07, 6.45) is 1.86. The minimum absolute atomic E-state index is 0.321. The first-order chi connectivity index (χ1) is 4.75. The third kappa shape index (κ3) is 1.12. The van der Waals surface area contributed by atoms with E-state index >= 15 is 0 Å². The van der Waals surface area contributed by atoms with Crippen molar-refractivity contribution in [3.63, 3.8) is 0 Å². The zero-order valence-corrected chi connectivity index (χ0v) is 6.31. The molecule has 56 valence electrons. The normalized spacial score (nSPS) is 10.2. The van der Waals surface area contributed by atoms with Crippen molar-refractivity contribution in [2.75, 3.05) is 0 Å². The molecule has 0 bridgehead atoms. The SMILES string of the molecule is CCCc1n[nH]c(C)c1O. The largest absolute Gasteiger partial charge is 0.504 e. The molecule has 0 radical (unpaired) electrons. The van der Waals surface area contributed by atoms with Crippen LogP contribution in [0.25, 0.3) is 0 Å². The third-order valence-corrected chi connectivity index (χ3v) is 1.47. The molecule has 0 unspecified atom stereocenters. The summed E-state index contributed by atoms with van der Waals surface area (Å²) in [5, 5.41) is 15.9. The van der Waals surface area contributed by atoms with Crippen molar-refractivity contribution >= 4 is 0 Å². The standard InChI is InChI=1S/C7H12N2O/c1-3-4-6-7(10)5(2)8-9-6/h10H,3-4H2,1-2H3,(H,8,9). The van der Waals surface area contributed by atoms with Crippen molar-refractivity contribution in [1.29, 1.82) is 0 Å². The maximum absolute atomic E-state index is 9.27. The maximum Gasteiger partial charge on any atom is 0.159 e. The molecule has 0 atom stereocenters. The summed E-state index contributed by atoms with van der Waals surface area (Å²) < 4.78 is 0. The van der Waals surface area contributed by atoms with Gasteiger partial charge in [0.2, 0.25) is 0 Å². The Morgan fingerprint density at radius 3 is 2.70 bits per heavy atom. The molecule has 1 aromatic heterocycles. The quantitative estimate of drug-likeness (QED) is 0.652. The molecule has 0 fully saturated rings. The number of aromatic nitrogens is 2. The summed E-state index contributed by atoms with van der Waals surface area (Å²) in [4.78, 5) is 0. The highest BCUT2D eigenvalue weighted by molar-refractivity contribution is 5.29. The van der Waals surface area contributed by atoms with Gasteiger partial charge in [0.15, 0.2) is 5.75 Å². The van der Waals surface area contributed by atoms with Crippen LogP contribution in [-0.4, -0.2) is 15.3 Å². The number of aromatic hydroxyl groups is 1. The Morgan fingerprint density at radius 2 is 2.30 bits per heavy atom. The fraction of sp³-hybridized carbons (Fsp3) is 0.571. The molecule has 1 rings (SSSR count). The molecule has 3 heteroatoms. The van der Waals surface area contributed by atoms with E-state index < -0.39 is 0 Å². The van der Waals surface area contributed by atoms with Gasteiger partial charge in [0.25, 0.3) is 0 Å². The number of nitrogens with one attached hydrogen (secondary N) is 1. The van der Waals surface area contributed by atoms with Crippen LogP contribution in [0.15, 0.2) is 0 Å². The van der Waals surface area contributed by atoms with E-state index in [4.69, 9.17) is 0 Å². The minimum Gasteiger partial charge on any atom is -0.504 e. The van der Waals surface area contributed by atoms with Crippen molar-refractivity contribution in [3.05, 3.63) is 11.4 Å². The van der Waals surface area contributed by atoms with Gasteiger partial charge in [-0.1, -0.05) is 13.3 Å². The predicted molar refractivity (Wildman–Crippen MR) is 39.0 cm³/mol. The number of aryl methyl sites for hydroxylation is 2. The molecule has 0 aliphatic heterocycles. The number of hydrogen-bond donors (Lipinski definition) is 2. The summed E-state index contributed by atoms with van der Waals surface area (Å²) in [6, 6.07) is 0. The van der Waals surface area contributed by atoms with Gasteiger partial charge in [-0.25, -0.2) is 0 Å². The Kier molecular flexibility index (Phi) is 1.94. The second kappa shape index (κ2) is 2.73. The molecular weight excluding hydrogens is 128 g/mol. The second-order valence-electron chi connectivity index (χ2n) is 2.39. The Bertz CT molecular complexity index is 217. The highest BCUT2D eigenvalue weighted by atomic mass is 16.3. The summed E-state index contributed by atoms with van der Waals surface area (Å²) in [5.41, 5.74) is 1.53. The van der Waals surface area contributed by atoms with Crippen LogP contribution in [-0.2, 0) is 6.42 Å². The molecule has 0 saturated heterocycles. The highest BCUT2D eigenvalue weighted by Crippen LogP contribution is 2.18. The first kappa shape index (κ1) is 7.12. The molecule has 1 heterocycles. The van der Waals surface area contributed by atoms with E-state index in [-0.39, 0.29) is 0 Å². The lowest BCUT2D eigenvalue weighted by Crippen LogP contribution is -1.82. The predicted octanol–water partition coefficient (Wildman–Crippen LogP) is 1.38. The number of hydrogen-bond acceptors (Lipinski definition) is 2. The fourth-order valence-corrected chi connectivity index (χ4v) is 0.885. The van der Waals surface area contributed by atoms with Crippen LogP contribution in [0.2, 0.25) is 0 Å². The van der Waals surface area contributed by atoms with Gasteiger partial charge < -0.3 is 5.11 Å². The molecule has 1 aromatic rings. The monoisotopic (exact) mass is 140 g/mol. The van der Waals surface area contributed by atoms with Gasteiger partial charge in [0.05, 0.1) is 5.69 Å². The Hall–Kier alpha value is -0.990. The smallest absolute Gasteiger partial charge is 0.159 e. The lowest BCUT2D eigenvalue weighted by atomic mass is 10.2. The number of nitrogens with zero attached hydrogens (tertiary/aromatic N) is 1. The average molecular weight is 140 g/mol. The van der Waals surface area contributed by atoms with Gasteiger partial charge in [0.1, 0.15) is 5.69 Å². The first-order valence-electron chi connectivity index (χ1n) is 3.48. The zero-order valence-electron chi connectivity index (χ0n) is 6.31. The van der Waals surface area contributed by atoms with Crippen molar-refractivity contribution < 1.29 is 5.11 Å². The zero-order chi connectivity index (χ0) is 7.56.